The van der Waals surface area contributed by atoms with Gasteiger partial charge in [0.1, 0.15) is 17.3 Å². The van der Waals surface area contributed by atoms with Crippen LogP contribution in [0, 0.1) is 5.41 Å². The molecule has 0 saturated carbocycles. The lowest BCUT2D eigenvalue weighted by Gasteiger charge is -2.20. The van der Waals surface area contributed by atoms with Gasteiger partial charge in [0.2, 0.25) is 0 Å². The number of hydrogen-bond acceptors (Lipinski definition) is 3. The van der Waals surface area contributed by atoms with Crippen molar-refractivity contribution < 1.29 is 4.74 Å². The summed E-state index contributed by atoms with van der Waals surface area (Å²) in [4.78, 5) is 4.94. The van der Waals surface area contributed by atoms with Gasteiger partial charge in [-0.25, -0.2) is 9.67 Å². The number of benzene rings is 4. The van der Waals surface area contributed by atoms with Crippen molar-refractivity contribution in [3.05, 3.63) is 132 Å². The molecule has 0 N–H and O–H groups in total. The smallest absolute Gasteiger partial charge is 0.137 e. The zero-order chi connectivity index (χ0) is 38.2. The lowest BCUT2D eigenvalue weighted by molar-refractivity contribution is 0.354. The molecular weight excluding hydrogens is 661 g/mol. The minimum Gasteiger partial charge on any atom is -0.457 e. The summed E-state index contributed by atoms with van der Waals surface area (Å²) in [6, 6.07) is 36.8. The number of pyridine rings is 1. The maximum absolute atomic E-state index is 6.69. The zero-order valence-corrected chi connectivity index (χ0v) is 33.7. The highest BCUT2D eigenvalue weighted by Crippen LogP contribution is 2.39. The predicted octanol–water partition coefficient (Wildman–Crippen LogP) is 13.6. The first-order chi connectivity index (χ1) is 25.8. The minimum atomic E-state index is -0.00261. The Morgan fingerprint density at radius 3 is 2.22 bits per heavy atom. The number of aryl methyl sites for hydroxylation is 1. The van der Waals surface area contributed by atoms with E-state index in [1.165, 1.54) is 58.0 Å². The van der Waals surface area contributed by atoms with Gasteiger partial charge >= 0.3 is 0 Å². The van der Waals surface area contributed by atoms with Gasteiger partial charge in [0.25, 0.3) is 0 Å². The fraction of sp³-hybridized carbons (Fsp3) is 0.347. The van der Waals surface area contributed by atoms with E-state index in [0.717, 1.165) is 52.6 Å². The van der Waals surface area contributed by atoms with Gasteiger partial charge in [-0.15, -0.1) is 0 Å². The Kier molecular flexibility index (Phi) is 10.3. The third-order valence-corrected chi connectivity index (χ3v) is 10.8. The molecule has 0 radical (unpaired) electrons. The van der Waals surface area contributed by atoms with Crippen molar-refractivity contribution in [3.8, 4) is 34.1 Å². The molecule has 0 aliphatic rings. The molecule has 0 fully saturated rings. The van der Waals surface area contributed by atoms with E-state index in [1.54, 1.807) is 0 Å². The molecule has 0 aliphatic heterocycles. The normalized spacial score (nSPS) is 12.8. The highest BCUT2D eigenvalue weighted by atomic mass is 16.5. The van der Waals surface area contributed by atoms with Crippen molar-refractivity contribution in [2.75, 3.05) is 0 Å². The number of ether oxygens (including phenoxy) is 1. The third-order valence-electron chi connectivity index (χ3n) is 10.8. The third kappa shape index (κ3) is 7.59. The quantitative estimate of drug-likeness (QED) is 0.134. The molecule has 3 aromatic heterocycles. The number of nitrogens with zero attached hydrogens (tertiary/aromatic N) is 4. The summed E-state index contributed by atoms with van der Waals surface area (Å²) < 4.78 is 11.1. The molecule has 0 saturated heterocycles. The average Bonchev–Trinajstić information content (AvgIpc) is 3.69. The van der Waals surface area contributed by atoms with E-state index in [9.17, 15) is 0 Å². The first-order valence-electron chi connectivity index (χ1n) is 19.8. The van der Waals surface area contributed by atoms with E-state index in [2.05, 4.69) is 169 Å². The molecule has 278 valence electrons. The van der Waals surface area contributed by atoms with E-state index < -0.39 is 0 Å². The maximum atomic E-state index is 6.69. The molecule has 0 amide bonds. The number of fused-ring (bicyclic) bond motifs is 3. The van der Waals surface area contributed by atoms with E-state index in [4.69, 9.17) is 14.8 Å². The van der Waals surface area contributed by atoms with Gasteiger partial charge in [0.15, 0.2) is 0 Å². The highest BCUT2D eigenvalue weighted by Gasteiger charge is 2.21. The first kappa shape index (κ1) is 37.2. The van der Waals surface area contributed by atoms with Gasteiger partial charge in [-0.05, 0) is 108 Å². The summed E-state index contributed by atoms with van der Waals surface area (Å²) in [5, 5.41) is 7.57. The van der Waals surface area contributed by atoms with Crippen LogP contribution in [0.2, 0.25) is 0 Å². The molecule has 5 heteroatoms. The molecule has 0 bridgehead atoms. The second kappa shape index (κ2) is 14.9. The number of aromatic nitrogens is 4. The molecule has 5 nitrogen and oxygen atoms in total. The fourth-order valence-corrected chi connectivity index (χ4v) is 7.79. The molecule has 1 atom stereocenters. The Hall–Kier alpha value is -5.16. The van der Waals surface area contributed by atoms with E-state index in [-0.39, 0.29) is 5.41 Å². The predicted molar refractivity (Wildman–Crippen MR) is 227 cm³/mol. The van der Waals surface area contributed by atoms with Crippen molar-refractivity contribution in [3.63, 3.8) is 0 Å². The van der Waals surface area contributed by atoms with Crippen LogP contribution >= 0.6 is 0 Å². The summed E-state index contributed by atoms with van der Waals surface area (Å²) in [7, 11) is 0. The molecular formula is C49H56N4O. The lowest BCUT2D eigenvalue weighted by Crippen LogP contribution is -2.12. The zero-order valence-electron chi connectivity index (χ0n) is 33.7. The Bertz CT molecular complexity index is 2400. The molecule has 1 unspecified atom stereocenters. The summed E-state index contributed by atoms with van der Waals surface area (Å²) >= 11 is 0. The summed E-state index contributed by atoms with van der Waals surface area (Å²) in [5.74, 6) is 2.94. The summed E-state index contributed by atoms with van der Waals surface area (Å²) in [6.07, 6.45) is 7.31. The molecule has 0 spiro atoms. The van der Waals surface area contributed by atoms with Crippen LogP contribution in [0.5, 0.6) is 11.5 Å². The Morgan fingerprint density at radius 1 is 0.722 bits per heavy atom. The highest BCUT2D eigenvalue weighted by molar-refractivity contribution is 6.09. The van der Waals surface area contributed by atoms with Crippen molar-refractivity contribution >= 4 is 21.8 Å². The van der Waals surface area contributed by atoms with Crippen LogP contribution in [0.15, 0.2) is 109 Å². The fourth-order valence-electron chi connectivity index (χ4n) is 7.79. The summed E-state index contributed by atoms with van der Waals surface area (Å²) in [5.41, 5.74) is 11.0. The molecule has 0 aliphatic carbocycles. The van der Waals surface area contributed by atoms with Crippen LogP contribution in [-0.2, 0) is 18.3 Å². The maximum Gasteiger partial charge on any atom is 0.137 e. The van der Waals surface area contributed by atoms with Crippen molar-refractivity contribution in [2.45, 2.75) is 106 Å². The van der Waals surface area contributed by atoms with Crippen LogP contribution in [0.3, 0.4) is 0 Å². The second-order valence-corrected chi connectivity index (χ2v) is 17.2. The van der Waals surface area contributed by atoms with Crippen LogP contribution in [0.4, 0.5) is 0 Å². The van der Waals surface area contributed by atoms with E-state index in [0.29, 0.717) is 11.3 Å². The topological polar surface area (TPSA) is 44.9 Å². The Balaban J connectivity index is 1.29. The Labute approximate surface area is 322 Å². The van der Waals surface area contributed by atoms with Crippen LogP contribution in [0.1, 0.15) is 110 Å². The first-order valence-corrected chi connectivity index (χ1v) is 19.8. The van der Waals surface area contributed by atoms with Gasteiger partial charge in [0.05, 0.1) is 28.1 Å². The van der Waals surface area contributed by atoms with Crippen molar-refractivity contribution in [1.29, 1.82) is 0 Å². The SMILES string of the molecule is CCc1nn(-c2cccc(Oc3ccc4c5cc(C(C)CCCC(C)(C)C)ccc5n(-c5cc(C(C)(C)C)ccn5)c4c3)c2)c(CC)c1-c1ccccc1. The van der Waals surface area contributed by atoms with Crippen molar-refractivity contribution in [2.24, 2.45) is 5.41 Å². The summed E-state index contributed by atoms with van der Waals surface area (Å²) in [6.45, 7) is 20.5. The molecule has 7 rings (SSSR count). The monoisotopic (exact) mass is 716 g/mol. The van der Waals surface area contributed by atoms with Gasteiger partial charge in [-0.1, -0.05) is 111 Å². The molecule has 4 aromatic carbocycles. The van der Waals surface area contributed by atoms with Crippen molar-refractivity contribution in [1.82, 2.24) is 19.3 Å². The van der Waals surface area contributed by atoms with E-state index in [1.807, 2.05) is 12.3 Å². The number of hydrogen-bond donors (Lipinski definition) is 0. The largest absolute Gasteiger partial charge is 0.457 e. The minimum absolute atomic E-state index is 0.00261. The lowest BCUT2D eigenvalue weighted by atomic mass is 9.86. The Morgan fingerprint density at radius 2 is 1.50 bits per heavy atom. The van der Waals surface area contributed by atoms with Crippen LogP contribution < -0.4 is 4.74 Å². The van der Waals surface area contributed by atoms with Gasteiger partial charge in [0, 0.05) is 34.7 Å². The molecule has 3 heterocycles. The molecule has 54 heavy (non-hydrogen) atoms. The van der Waals surface area contributed by atoms with Crippen LogP contribution in [0.25, 0.3) is 44.4 Å². The molecule has 7 aromatic rings. The number of rotatable bonds is 11. The standard InChI is InChI=1S/C49H56N4O/c1-10-42-47(34-18-13-12-14-19-34)43(11-2)53(51-42)37-20-15-21-38(31-37)54-39-23-24-40-41-29-35(33(3)17-16-27-48(4,5)6)22-25-44(41)52(45(40)32-39)46-30-36(26-28-50-46)49(7,8)9/h12-15,18-26,28-33H,10-11,16-17,27H2,1-9H3. The van der Waals surface area contributed by atoms with E-state index >= 15 is 0 Å². The second-order valence-electron chi connectivity index (χ2n) is 17.2. The average molecular weight is 717 g/mol. The van der Waals surface area contributed by atoms with Gasteiger partial charge < -0.3 is 4.74 Å². The van der Waals surface area contributed by atoms with Gasteiger partial charge in [-0.2, -0.15) is 5.10 Å². The van der Waals surface area contributed by atoms with Gasteiger partial charge in [-0.3, -0.25) is 4.57 Å². The van der Waals surface area contributed by atoms with Crippen LogP contribution in [-0.4, -0.2) is 19.3 Å².